The highest BCUT2D eigenvalue weighted by Crippen LogP contribution is 2.60. The van der Waals surface area contributed by atoms with E-state index in [2.05, 4.69) is 37.2 Å². The van der Waals surface area contributed by atoms with Gasteiger partial charge in [0.1, 0.15) is 12.3 Å². The van der Waals surface area contributed by atoms with E-state index in [1.807, 2.05) is 0 Å². The lowest BCUT2D eigenvalue weighted by molar-refractivity contribution is -0.143. The molecule has 0 aromatic heterocycles. The predicted molar refractivity (Wildman–Crippen MR) is 97.5 cm³/mol. The number of amides is 3. The van der Waals surface area contributed by atoms with E-state index in [0.29, 0.717) is 0 Å². The fraction of sp³-hybridized carbons (Fsp3) is 0.471. The van der Waals surface area contributed by atoms with E-state index in [0.717, 1.165) is 11.3 Å². The number of fused-ring (bicyclic) bond motifs is 5. The summed E-state index contributed by atoms with van der Waals surface area (Å²) in [5, 5.41) is 12.3. The number of alkyl halides is 2. The second-order valence-electron chi connectivity index (χ2n) is 6.83. The zero-order valence-electron chi connectivity index (χ0n) is 13.1. The number of carbonyl (C=O) groups excluding carboxylic acids is 3. The monoisotopic (exact) mass is 470 g/mol. The number of hydrogen-bond donors (Lipinski definition) is 2. The number of nitrogens with zero attached hydrogens (tertiary/aromatic N) is 1. The maximum absolute atomic E-state index is 12.7. The Bertz CT molecular complexity index is 739. The van der Waals surface area contributed by atoms with E-state index in [9.17, 15) is 19.5 Å². The van der Waals surface area contributed by atoms with Gasteiger partial charge >= 0.3 is 0 Å². The lowest BCUT2D eigenvalue weighted by Crippen LogP contribution is -2.39. The number of likely N-dealkylation sites (tertiary alicyclic amines) is 1. The number of benzene rings is 1. The van der Waals surface area contributed by atoms with E-state index in [1.54, 1.807) is 18.2 Å². The molecule has 0 spiro atoms. The summed E-state index contributed by atoms with van der Waals surface area (Å²) in [5.74, 6) is -1.46. The van der Waals surface area contributed by atoms with E-state index in [-0.39, 0.29) is 63.1 Å². The van der Waals surface area contributed by atoms with Crippen molar-refractivity contribution >= 4 is 55.3 Å². The molecule has 6 atom stereocenters. The lowest BCUT2D eigenvalue weighted by Gasteiger charge is -2.28. The largest absolute Gasteiger partial charge is 0.506 e. The summed E-state index contributed by atoms with van der Waals surface area (Å²) in [6.07, 6.45) is 0.858. The summed E-state index contributed by atoms with van der Waals surface area (Å²) in [7, 11) is 0. The fourth-order valence-corrected chi connectivity index (χ4v) is 6.35. The Balaban J connectivity index is 1.49. The van der Waals surface area contributed by atoms with Crippen LogP contribution in [0.1, 0.15) is 6.42 Å². The van der Waals surface area contributed by atoms with Crippen LogP contribution in [0.5, 0.6) is 5.75 Å². The normalized spacial score (nSPS) is 36.0. The zero-order valence-corrected chi connectivity index (χ0v) is 16.2. The SMILES string of the molecule is O=C(CN1C(=O)[C@@H]2[C@H]3C[C@@H]([C@H](Br)[C@@H]3Br)[C@@H]2C1=O)Nc1ccccc1O. The number of rotatable bonds is 3. The number of hydrogen-bond acceptors (Lipinski definition) is 4. The average Bonchev–Trinajstić information content (AvgIpc) is 3.17. The molecule has 1 saturated heterocycles. The molecule has 2 aliphatic carbocycles. The van der Waals surface area contributed by atoms with Crippen LogP contribution in [0.3, 0.4) is 0 Å². The third-order valence-corrected chi connectivity index (χ3v) is 8.76. The Labute approximate surface area is 161 Å². The van der Waals surface area contributed by atoms with E-state index in [4.69, 9.17) is 0 Å². The minimum Gasteiger partial charge on any atom is -0.506 e. The molecule has 1 heterocycles. The van der Waals surface area contributed by atoms with Crippen molar-refractivity contribution in [1.82, 2.24) is 4.90 Å². The summed E-state index contributed by atoms with van der Waals surface area (Å²) in [4.78, 5) is 39.1. The maximum atomic E-state index is 12.7. The number of halogens is 2. The van der Waals surface area contributed by atoms with Gasteiger partial charge < -0.3 is 10.4 Å². The highest BCUT2D eigenvalue weighted by atomic mass is 79.9. The molecule has 1 aliphatic heterocycles. The van der Waals surface area contributed by atoms with Crippen LogP contribution in [0.2, 0.25) is 0 Å². The molecular weight excluding hydrogens is 456 g/mol. The molecule has 2 N–H and O–H groups in total. The number of phenols is 1. The van der Waals surface area contributed by atoms with Gasteiger partial charge in [0.25, 0.3) is 0 Å². The molecule has 3 amide bonds. The third kappa shape index (κ3) is 2.52. The average molecular weight is 472 g/mol. The highest BCUT2D eigenvalue weighted by molar-refractivity contribution is 9.12. The van der Waals surface area contributed by atoms with Crippen LogP contribution in [0.25, 0.3) is 0 Å². The number of anilines is 1. The van der Waals surface area contributed by atoms with Gasteiger partial charge in [0.05, 0.1) is 17.5 Å². The first-order valence-electron chi connectivity index (χ1n) is 8.11. The predicted octanol–water partition coefficient (Wildman–Crippen LogP) is 2.11. The number of nitrogens with one attached hydrogen (secondary N) is 1. The first kappa shape index (κ1) is 17.0. The van der Waals surface area contributed by atoms with Crippen molar-refractivity contribution in [2.24, 2.45) is 23.7 Å². The van der Waals surface area contributed by atoms with Gasteiger partial charge in [-0.1, -0.05) is 44.0 Å². The van der Waals surface area contributed by atoms with Crippen LogP contribution < -0.4 is 5.32 Å². The molecule has 1 aromatic rings. The lowest BCUT2D eigenvalue weighted by atomic mass is 9.81. The van der Waals surface area contributed by atoms with Crippen molar-refractivity contribution in [3.8, 4) is 5.75 Å². The Morgan fingerprint density at radius 1 is 1.12 bits per heavy atom. The van der Waals surface area contributed by atoms with Gasteiger partial charge in [-0.3, -0.25) is 19.3 Å². The van der Waals surface area contributed by atoms with Crippen molar-refractivity contribution in [2.75, 3.05) is 11.9 Å². The fourth-order valence-electron chi connectivity index (χ4n) is 4.48. The van der Waals surface area contributed by atoms with Crippen molar-refractivity contribution in [1.29, 1.82) is 0 Å². The molecule has 25 heavy (non-hydrogen) atoms. The summed E-state index contributed by atoms with van der Waals surface area (Å²) in [5.41, 5.74) is 0.257. The van der Waals surface area contributed by atoms with Crippen LogP contribution in [0.15, 0.2) is 24.3 Å². The standard InChI is InChI=1S/C17H16Br2N2O4/c18-14-7-5-8(15(14)19)13-12(7)16(24)21(17(13)25)6-11(23)20-9-3-1-2-4-10(9)22/h1-4,7-8,12-15,22H,5-6H2,(H,20,23)/t7-,8-,12-,13+,14-,15+/m1/s1. The first-order valence-corrected chi connectivity index (χ1v) is 9.94. The van der Waals surface area contributed by atoms with E-state index >= 15 is 0 Å². The maximum Gasteiger partial charge on any atom is 0.244 e. The molecule has 3 fully saturated rings. The number of para-hydroxylation sites is 2. The minimum absolute atomic E-state index is 0.0610. The Hall–Kier alpha value is -1.41. The van der Waals surface area contributed by atoms with Crippen LogP contribution in [0, 0.1) is 23.7 Å². The Morgan fingerprint density at radius 2 is 1.68 bits per heavy atom. The quantitative estimate of drug-likeness (QED) is 0.401. The van der Waals surface area contributed by atoms with Gasteiger partial charge in [-0.2, -0.15) is 0 Å². The van der Waals surface area contributed by atoms with Gasteiger partial charge in [0.2, 0.25) is 17.7 Å². The number of carbonyl (C=O) groups is 3. The first-order chi connectivity index (χ1) is 11.9. The number of phenolic OH excluding ortho intramolecular Hbond substituents is 1. The van der Waals surface area contributed by atoms with E-state index in [1.165, 1.54) is 6.07 Å². The summed E-state index contributed by atoms with van der Waals surface area (Å²) in [6, 6.07) is 6.33. The van der Waals surface area contributed by atoms with Gasteiger partial charge in [-0.15, -0.1) is 0 Å². The molecule has 1 aromatic carbocycles. The molecule has 4 rings (SSSR count). The van der Waals surface area contributed by atoms with Crippen LogP contribution in [-0.2, 0) is 14.4 Å². The smallest absolute Gasteiger partial charge is 0.244 e. The van der Waals surface area contributed by atoms with Crippen molar-refractivity contribution in [3.63, 3.8) is 0 Å². The molecule has 6 nitrogen and oxygen atoms in total. The molecule has 0 unspecified atom stereocenters. The number of aromatic hydroxyl groups is 1. The molecule has 2 saturated carbocycles. The van der Waals surface area contributed by atoms with Crippen molar-refractivity contribution in [2.45, 2.75) is 16.1 Å². The molecule has 0 radical (unpaired) electrons. The molecular formula is C17H16Br2N2O4. The summed E-state index contributed by atoms with van der Waals surface area (Å²) in [6.45, 7) is -0.321. The molecule has 8 heteroatoms. The third-order valence-electron chi connectivity index (χ3n) is 5.56. The Morgan fingerprint density at radius 3 is 2.24 bits per heavy atom. The zero-order chi connectivity index (χ0) is 17.9. The van der Waals surface area contributed by atoms with Gasteiger partial charge in [0, 0.05) is 9.65 Å². The van der Waals surface area contributed by atoms with Crippen LogP contribution >= 0.6 is 31.9 Å². The topological polar surface area (TPSA) is 86.7 Å². The van der Waals surface area contributed by atoms with Crippen LogP contribution in [0.4, 0.5) is 5.69 Å². The van der Waals surface area contributed by atoms with Gasteiger partial charge in [-0.05, 0) is 30.4 Å². The van der Waals surface area contributed by atoms with Crippen LogP contribution in [-0.4, -0.2) is 43.9 Å². The number of imide groups is 1. The van der Waals surface area contributed by atoms with Crippen molar-refractivity contribution in [3.05, 3.63) is 24.3 Å². The van der Waals surface area contributed by atoms with Crippen molar-refractivity contribution < 1.29 is 19.5 Å². The molecule has 132 valence electrons. The van der Waals surface area contributed by atoms with Gasteiger partial charge in [0.15, 0.2) is 0 Å². The Kier molecular flexibility index (Phi) is 4.15. The highest BCUT2D eigenvalue weighted by Gasteiger charge is 2.66. The second kappa shape index (κ2) is 6.09. The summed E-state index contributed by atoms with van der Waals surface area (Å²) >= 11 is 7.26. The van der Waals surface area contributed by atoms with Gasteiger partial charge in [-0.25, -0.2) is 0 Å². The second-order valence-corrected chi connectivity index (χ2v) is 8.95. The molecule has 3 aliphatic rings. The van der Waals surface area contributed by atoms with E-state index < -0.39 is 5.91 Å². The summed E-state index contributed by atoms with van der Waals surface area (Å²) < 4.78 is 0. The molecule has 2 bridgehead atoms. The minimum atomic E-state index is -0.499.